The summed E-state index contributed by atoms with van der Waals surface area (Å²) in [5.41, 5.74) is 0. The molecular formula is C15H26. The largest absolute Gasteiger partial charge is 0.0885 e. The van der Waals surface area contributed by atoms with E-state index in [1.54, 1.807) is 0 Å². The predicted molar refractivity (Wildman–Crippen MR) is 71.1 cm³/mol. The lowest BCUT2D eigenvalue weighted by atomic mass is 10.2. The van der Waals surface area contributed by atoms with E-state index in [2.05, 4.69) is 50.3 Å². The fourth-order valence-electron chi connectivity index (χ4n) is 1.34. The Hall–Kier alpha value is -0.780. The minimum Gasteiger partial charge on any atom is -0.0885 e. The van der Waals surface area contributed by atoms with Gasteiger partial charge in [-0.25, -0.2) is 0 Å². The molecule has 0 aromatic heterocycles. The van der Waals surface area contributed by atoms with Crippen molar-refractivity contribution < 1.29 is 0 Å². The summed E-state index contributed by atoms with van der Waals surface area (Å²) in [4.78, 5) is 0. The zero-order chi connectivity index (χ0) is 11.2. The van der Waals surface area contributed by atoms with Gasteiger partial charge in [-0.1, -0.05) is 63.1 Å². The molecule has 0 saturated heterocycles. The van der Waals surface area contributed by atoms with Crippen molar-refractivity contribution in [1.29, 1.82) is 0 Å². The standard InChI is InChI=1S/C15H26/c1-3-5-7-9-11-13-15-14-12-10-8-6-4-2/h5,7,11-14H,3-4,6,8-10,15H2,1-2H3/b7-5-,13-11-,14-12-. The maximum atomic E-state index is 2.31. The van der Waals surface area contributed by atoms with E-state index in [4.69, 9.17) is 0 Å². The molecule has 0 atom stereocenters. The second-order valence-corrected chi connectivity index (χ2v) is 3.79. The van der Waals surface area contributed by atoms with E-state index in [0.29, 0.717) is 0 Å². The molecule has 0 nitrogen and oxygen atoms in total. The molecule has 0 radical (unpaired) electrons. The summed E-state index contributed by atoms with van der Waals surface area (Å²) in [6, 6.07) is 0. The van der Waals surface area contributed by atoms with Crippen LogP contribution in [0.4, 0.5) is 0 Å². The molecule has 15 heavy (non-hydrogen) atoms. The summed E-state index contributed by atoms with van der Waals surface area (Å²) in [5.74, 6) is 0. The molecule has 0 aromatic carbocycles. The summed E-state index contributed by atoms with van der Waals surface area (Å²) in [6.45, 7) is 4.41. The molecule has 0 rings (SSSR count). The van der Waals surface area contributed by atoms with E-state index < -0.39 is 0 Å². The van der Waals surface area contributed by atoms with Gasteiger partial charge in [0.2, 0.25) is 0 Å². The van der Waals surface area contributed by atoms with Gasteiger partial charge in [-0.15, -0.1) is 0 Å². The van der Waals surface area contributed by atoms with Gasteiger partial charge < -0.3 is 0 Å². The summed E-state index contributed by atoms with van der Waals surface area (Å²) in [5, 5.41) is 0. The molecule has 0 aliphatic heterocycles. The minimum atomic E-state index is 1.08. The normalized spacial score (nSPS) is 12.4. The molecule has 0 N–H and O–H groups in total. The molecule has 0 heteroatoms. The Labute approximate surface area is 95.8 Å². The first kappa shape index (κ1) is 14.2. The van der Waals surface area contributed by atoms with Crippen LogP contribution in [0.25, 0.3) is 0 Å². The Bertz CT molecular complexity index is 184. The Balaban J connectivity index is 3.24. The van der Waals surface area contributed by atoms with E-state index >= 15 is 0 Å². The molecular weight excluding hydrogens is 180 g/mol. The van der Waals surface area contributed by atoms with Crippen LogP contribution in [0.15, 0.2) is 36.5 Å². The number of allylic oxidation sites excluding steroid dienone is 6. The van der Waals surface area contributed by atoms with Crippen LogP contribution in [0.3, 0.4) is 0 Å². The van der Waals surface area contributed by atoms with Gasteiger partial charge in [0.1, 0.15) is 0 Å². The van der Waals surface area contributed by atoms with Crippen LogP contribution in [0, 0.1) is 0 Å². The fourth-order valence-corrected chi connectivity index (χ4v) is 1.34. The second-order valence-electron chi connectivity index (χ2n) is 3.79. The van der Waals surface area contributed by atoms with Crippen molar-refractivity contribution in [2.24, 2.45) is 0 Å². The van der Waals surface area contributed by atoms with Gasteiger partial charge in [0.05, 0.1) is 0 Å². The average Bonchev–Trinajstić information content (AvgIpc) is 2.26. The van der Waals surface area contributed by atoms with Crippen molar-refractivity contribution >= 4 is 0 Å². The fraction of sp³-hybridized carbons (Fsp3) is 0.600. The summed E-state index contributed by atoms with van der Waals surface area (Å²) < 4.78 is 0. The number of hydrogen-bond donors (Lipinski definition) is 0. The molecule has 0 heterocycles. The van der Waals surface area contributed by atoms with E-state index in [1.165, 1.54) is 25.7 Å². The Morgan fingerprint density at radius 3 is 1.87 bits per heavy atom. The SMILES string of the molecule is CC/C=C\C/C=C\C/C=C\CCCCC. The number of hydrogen-bond acceptors (Lipinski definition) is 0. The minimum absolute atomic E-state index is 1.08. The third kappa shape index (κ3) is 13.2. The highest BCUT2D eigenvalue weighted by atomic mass is 13.9. The second kappa shape index (κ2) is 13.2. The smallest absolute Gasteiger partial charge is 0.0169 e. The average molecular weight is 206 g/mol. The molecule has 0 unspecified atom stereocenters. The Morgan fingerprint density at radius 1 is 0.667 bits per heavy atom. The van der Waals surface area contributed by atoms with Gasteiger partial charge in [0.15, 0.2) is 0 Å². The Kier molecular flexibility index (Phi) is 12.5. The molecule has 0 aliphatic carbocycles. The summed E-state index contributed by atoms with van der Waals surface area (Å²) >= 11 is 0. The molecule has 0 aliphatic rings. The topological polar surface area (TPSA) is 0 Å². The third-order valence-electron chi connectivity index (χ3n) is 2.25. The van der Waals surface area contributed by atoms with E-state index in [9.17, 15) is 0 Å². The van der Waals surface area contributed by atoms with E-state index in [-0.39, 0.29) is 0 Å². The maximum Gasteiger partial charge on any atom is -0.0169 e. The highest BCUT2D eigenvalue weighted by Crippen LogP contribution is 2.00. The van der Waals surface area contributed by atoms with Crippen LogP contribution in [0.2, 0.25) is 0 Å². The lowest BCUT2D eigenvalue weighted by molar-refractivity contribution is 0.728. The number of unbranched alkanes of at least 4 members (excludes halogenated alkanes) is 3. The maximum absolute atomic E-state index is 2.31. The Morgan fingerprint density at radius 2 is 1.27 bits per heavy atom. The molecule has 0 fully saturated rings. The number of rotatable bonds is 9. The van der Waals surface area contributed by atoms with Gasteiger partial charge in [0.25, 0.3) is 0 Å². The molecule has 0 aromatic rings. The van der Waals surface area contributed by atoms with Gasteiger partial charge in [-0.2, -0.15) is 0 Å². The zero-order valence-corrected chi connectivity index (χ0v) is 10.4. The van der Waals surface area contributed by atoms with Crippen LogP contribution >= 0.6 is 0 Å². The third-order valence-corrected chi connectivity index (χ3v) is 2.25. The molecule has 86 valence electrons. The van der Waals surface area contributed by atoms with Gasteiger partial charge in [-0.05, 0) is 32.1 Å². The quantitative estimate of drug-likeness (QED) is 0.349. The first-order valence-electron chi connectivity index (χ1n) is 6.36. The van der Waals surface area contributed by atoms with Crippen molar-refractivity contribution in [1.82, 2.24) is 0 Å². The van der Waals surface area contributed by atoms with Crippen LogP contribution in [-0.4, -0.2) is 0 Å². The van der Waals surface area contributed by atoms with Crippen molar-refractivity contribution in [3.63, 3.8) is 0 Å². The molecule has 0 spiro atoms. The lowest BCUT2D eigenvalue weighted by Gasteiger charge is -1.90. The monoisotopic (exact) mass is 206 g/mol. The molecule has 0 saturated carbocycles. The van der Waals surface area contributed by atoms with Crippen LogP contribution in [0.1, 0.15) is 58.8 Å². The van der Waals surface area contributed by atoms with Crippen molar-refractivity contribution in [2.45, 2.75) is 58.8 Å². The van der Waals surface area contributed by atoms with E-state index in [1.807, 2.05) is 0 Å². The van der Waals surface area contributed by atoms with Gasteiger partial charge in [0, 0.05) is 0 Å². The van der Waals surface area contributed by atoms with E-state index in [0.717, 1.165) is 19.3 Å². The van der Waals surface area contributed by atoms with Crippen molar-refractivity contribution in [3.05, 3.63) is 36.5 Å². The zero-order valence-electron chi connectivity index (χ0n) is 10.4. The molecule has 0 bridgehead atoms. The highest BCUT2D eigenvalue weighted by Gasteiger charge is 1.80. The van der Waals surface area contributed by atoms with Gasteiger partial charge in [-0.3, -0.25) is 0 Å². The van der Waals surface area contributed by atoms with Crippen LogP contribution in [0.5, 0.6) is 0 Å². The highest BCUT2D eigenvalue weighted by molar-refractivity contribution is 4.96. The van der Waals surface area contributed by atoms with Gasteiger partial charge >= 0.3 is 0 Å². The summed E-state index contributed by atoms with van der Waals surface area (Å²) in [6.07, 6.45) is 22.1. The molecule has 0 amide bonds. The predicted octanol–water partition coefficient (Wildman–Crippen LogP) is 5.43. The summed E-state index contributed by atoms with van der Waals surface area (Å²) in [7, 11) is 0. The van der Waals surface area contributed by atoms with Crippen LogP contribution in [-0.2, 0) is 0 Å². The first-order valence-corrected chi connectivity index (χ1v) is 6.36. The lowest BCUT2D eigenvalue weighted by Crippen LogP contribution is -1.70. The van der Waals surface area contributed by atoms with Crippen LogP contribution < -0.4 is 0 Å². The first-order chi connectivity index (χ1) is 7.41. The van der Waals surface area contributed by atoms with Crippen molar-refractivity contribution in [3.8, 4) is 0 Å². The van der Waals surface area contributed by atoms with Crippen molar-refractivity contribution in [2.75, 3.05) is 0 Å².